The smallest absolute Gasteiger partial charge is 0.119 e. The van der Waals surface area contributed by atoms with Crippen LogP contribution >= 0.6 is 46.4 Å². The van der Waals surface area contributed by atoms with E-state index >= 15 is 0 Å². The molecule has 0 saturated heterocycles. The maximum absolute atomic E-state index is 6.67. The van der Waals surface area contributed by atoms with Crippen LogP contribution in [0.5, 0.6) is 17.2 Å². The number of hydrogen-bond donors (Lipinski definition) is 0. The van der Waals surface area contributed by atoms with Gasteiger partial charge in [0, 0.05) is 98.2 Å². The van der Waals surface area contributed by atoms with Crippen molar-refractivity contribution >= 4 is 111 Å². The van der Waals surface area contributed by atoms with Crippen molar-refractivity contribution in [3.63, 3.8) is 0 Å². The fourth-order valence-electron chi connectivity index (χ4n) is 13.5. The van der Waals surface area contributed by atoms with Gasteiger partial charge in [-0.15, -0.1) is 46.4 Å². The normalized spacial score (nSPS) is 16.8. The van der Waals surface area contributed by atoms with Crippen LogP contribution in [-0.2, 0) is 39.3 Å². The molecule has 8 nitrogen and oxygen atoms in total. The second kappa shape index (κ2) is 32.4. The van der Waals surface area contributed by atoms with Crippen molar-refractivity contribution in [3.8, 4) is 17.2 Å². The molecule has 0 unspecified atom stereocenters. The third-order valence-electron chi connectivity index (χ3n) is 17.9. The van der Waals surface area contributed by atoms with Crippen molar-refractivity contribution in [3.05, 3.63) is 270 Å². The summed E-state index contributed by atoms with van der Waals surface area (Å²) in [5.74, 6) is 2.68. The molecule has 15 rings (SSSR count). The van der Waals surface area contributed by atoms with Crippen molar-refractivity contribution in [2.75, 3.05) is 89.4 Å². The van der Waals surface area contributed by atoms with Crippen molar-refractivity contribution in [2.24, 2.45) is 0 Å². The Morgan fingerprint density at radius 1 is 0.261 bits per heavy atom. The first-order chi connectivity index (χ1) is 45.4. The average molecular weight is 1300 g/mol. The second-order valence-corrected chi connectivity index (χ2v) is 25.5. The Hall–Kier alpha value is -7.44. The Morgan fingerprint density at radius 2 is 0.500 bits per heavy atom. The number of halogens is 4. The van der Waals surface area contributed by atoms with Gasteiger partial charge in [-0.1, -0.05) is 182 Å². The molecule has 0 amide bonds. The van der Waals surface area contributed by atoms with Crippen molar-refractivity contribution in [1.82, 2.24) is 24.5 Å². The maximum Gasteiger partial charge on any atom is 0.119 e. The van der Waals surface area contributed by atoms with Gasteiger partial charge in [-0.05, 0) is 153 Å². The minimum absolute atomic E-state index is 0.194. The van der Waals surface area contributed by atoms with E-state index in [1.807, 2.05) is 0 Å². The summed E-state index contributed by atoms with van der Waals surface area (Å²) < 4.78 is 20.0. The largest absolute Gasteiger partial charge is 0.492 e. The number of benzene rings is 12. The lowest BCUT2D eigenvalue weighted by atomic mass is 9.96. The summed E-state index contributed by atoms with van der Waals surface area (Å²) in [6, 6.07) is 87.4. The number of nitrogens with zero attached hydrogens (tertiary/aromatic N) is 5. The van der Waals surface area contributed by atoms with E-state index in [0.29, 0.717) is 19.8 Å². The lowest BCUT2D eigenvalue weighted by Crippen LogP contribution is -2.42. The molecule has 92 heavy (non-hydrogen) atoms. The molecule has 0 radical (unpaired) electrons. The SMILES string of the molecule is ClCCl.ClCCl.c1cc2cc(c1)OCCN1CCOc3cccc(c3)CN(Cc3c4ccccc4cc4ccccc34)CCN(CCN(Cc3c4ccccc4cc4ccccc34)C2)CCN(Cc2c3ccccc3cc3ccccc23)Cc2cccc(c2)OCC1. The van der Waals surface area contributed by atoms with Crippen LogP contribution in [0.2, 0.25) is 0 Å². The van der Waals surface area contributed by atoms with Gasteiger partial charge in [0.2, 0.25) is 0 Å². The lowest BCUT2D eigenvalue weighted by Gasteiger charge is -2.33. The van der Waals surface area contributed by atoms with Crippen LogP contribution in [0.1, 0.15) is 33.4 Å². The zero-order valence-corrected chi connectivity index (χ0v) is 55.2. The van der Waals surface area contributed by atoms with E-state index in [9.17, 15) is 0 Å². The maximum atomic E-state index is 6.67. The second-order valence-electron chi connectivity index (χ2n) is 23.9. The molecule has 12 aromatic rings. The van der Waals surface area contributed by atoms with Crippen LogP contribution in [0.3, 0.4) is 0 Å². The predicted octanol–water partition coefficient (Wildman–Crippen LogP) is 18.6. The zero-order valence-electron chi connectivity index (χ0n) is 52.1. The highest BCUT2D eigenvalue weighted by Crippen LogP contribution is 2.34. The first-order valence-corrected chi connectivity index (χ1v) is 34.2. The molecule has 3 aliphatic rings. The molecule has 470 valence electrons. The first kappa shape index (κ1) is 64.7. The number of ether oxygens (including phenoxy) is 3. The van der Waals surface area contributed by atoms with Gasteiger partial charge in [0.25, 0.3) is 0 Å². The van der Waals surface area contributed by atoms with Crippen LogP contribution in [0, 0.1) is 0 Å². The standard InChI is InChI=1S/C78H75N5O3.2CH2Cl2/c1-7-28-70-61(19-1)49-62-20-2-8-29-71(62)76(70)55-81-37-34-79-35-38-82(56-77-72-30-9-3-21-63(72)50-64-22-4-10-31-73(64)77)53-59-17-14-26-68(47-59)85-44-41-80(40-43-84-67-25-13-16-58(46-67)52-81)42-45-86-69-27-15-18-60(48-69)54-83(39-36-79)57-78-74-32-11-5-23-65(74)51-66-24-6-12-33-75(66)78;2*2-1-3/h1-33,46-51H,34-45,52-57H2;2*1H2. The molecule has 8 bridgehead atoms. The van der Waals surface area contributed by atoms with E-state index in [1.165, 1.54) is 98.0 Å². The topological polar surface area (TPSA) is 43.9 Å². The van der Waals surface area contributed by atoms with Crippen LogP contribution in [-0.4, -0.2) is 114 Å². The summed E-state index contributed by atoms with van der Waals surface area (Å²) in [5, 5.41) is 15.9. The molecule has 0 atom stereocenters. The number of alkyl halides is 4. The molecule has 0 saturated carbocycles. The molecular formula is C80H79Cl4N5O3. The number of rotatable bonds is 6. The van der Waals surface area contributed by atoms with Crippen LogP contribution < -0.4 is 14.2 Å². The van der Waals surface area contributed by atoms with E-state index < -0.39 is 0 Å². The van der Waals surface area contributed by atoms with Gasteiger partial charge in [-0.25, -0.2) is 0 Å². The van der Waals surface area contributed by atoms with Crippen molar-refractivity contribution < 1.29 is 14.2 Å². The van der Waals surface area contributed by atoms with Gasteiger partial charge in [0.05, 0.1) is 10.7 Å². The van der Waals surface area contributed by atoms with E-state index in [4.69, 9.17) is 60.6 Å². The number of hydrogen-bond acceptors (Lipinski definition) is 8. The molecule has 0 aromatic heterocycles. The van der Waals surface area contributed by atoms with Gasteiger partial charge >= 0.3 is 0 Å². The number of fused-ring (bicyclic) bond motifs is 21. The Morgan fingerprint density at radius 3 is 0.761 bits per heavy atom. The highest BCUT2D eigenvalue weighted by Gasteiger charge is 2.22. The van der Waals surface area contributed by atoms with E-state index in [0.717, 1.165) is 115 Å². The third-order valence-corrected chi connectivity index (χ3v) is 17.9. The van der Waals surface area contributed by atoms with Crippen molar-refractivity contribution in [1.29, 1.82) is 0 Å². The molecule has 12 aromatic carbocycles. The van der Waals surface area contributed by atoms with Gasteiger partial charge in [0.1, 0.15) is 37.1 Å². The third kappa shape index (κ3) is 16.7. The fourth-order valence-corrected chi connectivity index (χ4v) is 13.5. The monoisotopic (exact) mass is 1300 g/mol. The van der Waals surface area contributed by atoms with Gasteiger partial charge in [0.15, 0.2) is 0 Å². The summed E-state index contributed by atoms with van der Waals surface area (Å²) in [6.07, 6.45) is 0. The Bertz CT molecular complexity index is 3790. The molecule has 3 heterocycles. The highest BCUT2D eigenvalue weighted by atomic mass is 35.5. The Kier molecular flexibility index (Phi) is 22.8. The van der Waals surface area contributed by atoms with Gasteiger partial charge < -0.3 is 14.2 Å². The zero-order chi connectivity index (χ0) is 62.9. The quantitative estimate of drug-likeness (QED) is 0.121. The predicted molar refractivity (Wildman–Crippen MR) is 389 cm³/mol. The van der Waals surface area contributed by atoms with Gasteiger partial charge in [-0.3, -0.25) is 24.5 Å². The van der Waals surface area contributed by atoms with Crippen LogP contribution in [0.15, 0.2) is 237 Å². The summed E-state index contributed by atoms with van der Waals surface area (Å²) in [5.41, 5.74) is 7.85. The average Bonchev–Trinajstić information content (AvgIpc) is 0.824. The van der Waals surface area contributed by atoms with E-state index in [1.54, 1.807) is 0 Å². The Labute approximate surface area is 561 Å². The lowest BCUT2D eigenvalue weighted by molar-refractivity contribution is 0.142. The minimum atomic E-state index is 0.194. The minimum Gasteiger partial charge on any atom is -0.492 e. The summed E-state index contributed by atoms with van der Waals surface area (Å²) in [4.78, 5) is 13.3. The van der Waals surface area contributed by atoms with Crippen molar-refractivity contribution in [2.45, 2.75) is 39.3 Å². The summed E-state index contributed by atoms with van der Waals surface area (Å²) >= 11 is 19.1. The van der Waals surface area contributed by atoms with E-state index in [-0.39, 0.29) is 10.7 Å². The molecule has 0 fully saturated rings. The first-order valence-electron chi connectivity index (χ1n) is 32.1. The molecule has 12 heteroatoms. The molecule has 3 aliphatic heterocycles. The Balaban J connectivity index is 0.00000131. The van der Waals surface area contributed by atoms with Crippen LogP contribution in [0.4, 0.5) is 0 Å². The molecule has 0 aliphatic carbocycles. The molecule has 0 spiro atoms. The molecular weight excluding hydrogens is 1220 g/mol. The summed E-state index contributed by atoms with van der Waals surface area (Å²) in [7, 11) is 0. The van der Waals surface area contributed by atoms with Crippen LogP contribution in [0.25, 0.3) is 64.6 Å². The van der Waals surface area contributed by atoms with Gasteiger partial charge in [-0.2, -0.15) is 0 Å². The van der Waals surface area contributed by atoms with E-state index in [2.05, 4.69) is 261 Å². The molecule has 0 N–H and O–H groups in total. The summed E-state index contributed by atoms with van der Waals surface area (Å²) in [6.45, 7) is 13.7. The fraction of sp³-hybridized carbons (Fsp3) is 0.250. The highest BCUT2D eigenvalue weighted by molar-refractivity contribution is 6.41.